The minimum Gasteiger partial charge on any atom is -0.568 e. The molecular formula is C12H15O5W-. The van der Waals surface area contributed by atoms with Crippen LogP contribution >= 0.6 is 0 Å². The van der Waals surface area contributed by atoms with Crippen LogP contribution in [0, 0.1) is 6.61 Å². The number of methoxy groups -OCH3 is 1. The number of rotatable bonds is 8. The Labute approximate surface area is 121 Å². The second-order valence-corrected chi connectivity index (χ2v) is 3.47. The summed E-state index contributed by atoms with van der Waals surface area (Å²) in [6.45, 7) is 2.71. The first-order valence-electron chi connectivity index (χ1n) is 5.29. The van der Waals surface area contributed by atoms with Crippen LogP contribution in [0.4, 0.5) is 0 Å². The van der Waals surface area contributed by atoms with Crippen molar-refractivity contribution in [2.45, 2.75) is 6.10 Å². The number of hydrogen-bond donors (Lipinski definition) is 0. The third-order valence-corrected chi connectivity index (χ3v) is 2.09. The molecule has 1 atom stereocenters. The van der Waals surface area contributed by atoms with Crippen molar-refractivity contribution in [1.29, 1.82) is 0 Å². The van der Waals surface area contributed by atoms with E-state index in [9.17, 15) is 0 Å². The van der Waals surface area contributed by atoms with Crippen LogP contribution in [0.5, 0.6) is 11.5 Å². The Morgan fingerprint density at radius 1 is 1.11 bits per heavy atom. The molecule has 0 aliphatic carbocycles. The van der Waals surface area contributed by atoms with E-state index in [2.05, 4.69) is 0 Å². The normalized spacial score (nSPS) is 16.8. The minimum absolute atomic E-state index is 0. The molecule has 0 spiro atoms. The summed E-state index contributed by atoms with van der Waals surface area (Å²) in [5.74, 6) is 1.47. The van der Waals surface area contributed by atoms with Gasteiger partial charge in [0.2, 0.25) is 0 Å². The Bertz CT molecular complexity index is 326. The second kappa shape index (κ2) is 8.48. The summed E-state index contributed by atoms with van der Waals surface area (Å²) in [4.78, 5) is 0. The Balaban J connectivity index is 0.00000162. The van der Waals surface area contributed by atoms with Crippen LogP contribution in [-0.4, -0.2) is 33.4 Å². The fraction of sp³-hybridized carbons (Fsp3) is 0.417. The van der Waals surface area contributed by atoms with Gasteiger partial charge in [-0.3, -0.25) is 0 Å². The number of epoxide rings is 1. The van der Waals surface area contributed by atoms with Gasteiger partial charge in [0.25, 0.3) is 0 Å². The van der Waals surface area contributed by atoms with Gasteiger partial charge in [-0.15, -0.1) is 0 Å². The topological polar surface area (TPSA) is 49.5 Å². The molecule has 18 heavy (non-hydrogen) atoms. The molecule has 6 heteroatoms. The van der Waals surface area contributed by atoms with Crippen molar-refractivity contribution in [2.24, 2.45) is 0 Å². The largest absolute Gasteiger partial charge is 0.568 e. The zero-order valence-electron chi connectivity index (χ0n) is 10.0. The maximum absolute atomic E-state index is 5.37. The molecule has 1 aromatic rings. The van der Waals surface area contributed by atoms with Crippen LogP contribution in [0.3, 0.4) is 0 Å². The summed E-state index contributed by atoms with van der Waals surface area (Å²) in [7, 11) is 1.58. The van der Waals surface area contributed by atoms with Crippen molar-refractivity contribution in [3.63, 3.8) is 0 Å². The van der Waals surface area contributed by atoms with E-state index in [0.717, 1.165) is 11.5 Å². The molecule has 0 saturated carbocycles. The standard InChI is InChI=1S/C12H15O5.W/c1-13-8-16-10-2-4-11(5-3-10)17-9-14-6-12-7-15-12;/h2-5,7,12H,6,8-9H2,1H3;/q-1;. The smallest absolute Gasteiger partial charge is 0.189 e. The van der Waals surface area contributed by atoms with Crippen molar-refractivity contribution < 1.29 is 44.7 Å². The quantitative estimate of drug-likeness (QED) is 0.275. The molecule has 5 nitrogen and oxygen atoms in total. The fourth-order valence-corrected chi connectivity index (χ4v) is 1.17. The van der Waals surface area contributed by atoms with Gasteiger partial charge in [-0.1, -0.05) is 6.10 Å². The van der Waals surface area contributed by atoms with Gasteiger partial charge in [-0.05, 0) is 24.3 Å². The third kappa shape index (κ3) is 5.82. The predicted molar refractivity (Wildman–Crippen MR) is 59.6 cm³/mol. The van der Waals surface area contributed by atoms with Crippen LogP contribution in [0.2, 0.25) is 0 Å². The van der Waals surface area contributed by atoms with Crippen LogP contribution in [0.15, 0.2) is 24.3 Å². The van der Waals surface area contributed by atoms with Crippen molar-refractivity contribution in [2.75, 3.05) is 27.3 Å². The van der Waals surface area contributed by atoms with Gasteiger partial charge < -0.3 is 23.7 Å². The summed E-state index contributed by atoms with van der Waals surface area (Å²) < 4.78 is 25.5. The summed E-state index contributed by atoms with van der Waals surface area (Å²) in [6.07, 6.45) is 0.142. The zero-order valence-corrected chi connectivity index (χ0v) is 13.0. The minimum atomic E-state index is 0. The average molecular weight is 423 g/mol. The van der Waals surface area contributed by atoms with E-state index in [4.69, 9.17) is 23.7 Å². The Hall–Kier alpha value is -0.612. The number of hydrogen-bond acceptors (Lipinski definition) is 5. The molecule has 1 heterocycles. The summed E-state index contributed by atoms with van der Waals surface area (Å²) >= 11 is 0. The number of benzene rings is 1. The van der Waals surface area contributed by atoms with E-state index in [1.54, 1.807) is 13.7 Å². The fourth-order valence-electron chi connectivity index (χ4n) is 1.17. The predicted octanol–water partition coefficient (Wildman–Crippen LogP) is 1.58. The van der Waals surface area contributed by atoms with Gasteiger partial charge in [-0.2, -0.15) is 6.61 Å². The van der Waals surface area contributed by atoms with E-state index in [-0.39, 0.29) is 40.8 Å². The SMILES string of the molecule is COCOc1ccc(OCOCC2[CH-]O2)cc1.[W]. The van der Waals surface area contributed by atoms with Crippen LogP contribution in [0.25, 0.3) is 0 Å². The molecule has 2 rings (SSSR count). The van der Waals surface area contributed by atoms with Crippen molar-refractivity contribution in [3.8, 4) is 11.5 Å². The molecule has 0 amide bonds. The Morgan fingerprint density at radius 2 is 1.67 bits per heavy atom. The van der Waals surface area contributed by atoms with Crippen molar-refractivity contribution in [3.05, 3.63) is 30.9 Å². The van der Waals surface area contributed by atoms with Crippen LogP contribution in [0.1, 0.15) is 0 Å². The molecular weight excluding hydrogens is 408 g/mol. The van der Waals surface area contributed by atoms with E-state index < -0.39 is 0 Å². The Kier molecular flexibility index (Phi) is 7.28. The van der Waals surface area contributed by atoms with Gasteiger partial charge in [0.1, 0.15) is 11.5 Å². The first kappa shape index (κ1) is 15.4. The molecule has 0 N–H and O–H groups in total. The molecule has 1 aliphatic heterocycles. The molecule has 100 valence electrons. The van der Waals surface area contributed by atoms with Gasteiger partial charge in [-0.25, -0.2) is 0 Å². The summed E-state index contributed by atoms with van der Waals surface area (Å²) in [6, 6.07) is 7.25. The van der Waals surface area contributed by atoms with Crippen LogP contribution in [-0.2, 0) is 35.3 Å². The molecule has 1 fully saturated rings. The maximum atomic E-state index is 5.37. The molecule has 1 saturated heterocycles. The van der Waals surface area contributed by atoms with Crippen molar-refractivity contribution >= 4 is 0 Å². The molecule has 0 radical (unpaired) electrons. The molecule has 1 aromatic carbocycles. The third-order valence-electron chi connectivity index (χ3n) is 2.09. The van der Waals surface area contributed by atoms with Gasteiger partial charge in [0.05, 0.1) is 0 Å². The van der Waals surface area contributed by atoms with Crippen molar-refractivity contribution in [1.82, 2.24) is 0 Å². The van der Waals surface area contributed by atoms with Gasteiger partial charge >= 0.3 is 0 Å². The molecule has 1 aliphatic rings. The first-order chi connectivity index (χ1) is 8.38. The number of ether oxygens (including phenoxy) is 5. The molecule has 1 unspecified atom stereocenters. The molecule has 0 aromatic heterocycles. The van der Waals surface area contributed by atoms with E-state index in [1.807, 2.05) is 24.3 Å². The molecule has 0 bridgehead atoms. The zero-order chi connectivity index (χ0) is 11.9. The van der Waals surface area contributed by atoms with Crippen LogP contribution < -0.4 is 9.47 Å². The second-order valence-electron chi connectivity index (χ2n) is 3.47. The van der Waals surface area contributed by atoms with E-state index >= 15 is 0 Å². The maximum Gasteiger partial charge on any atom is 0.189 e. The van der Waals surface area contributed by atoms with Gasteiger partial charge in [0, 0.05) is 34.8 Å². The van der Waals surface area contributed by atoms with Gasteiger partial charge in [0.15, 0.2) is 13.6 Å². The summed E-state index contributed by atoms with van der Waals surface area (Å²) in [5.41, 5.74) is 0. The summed E-state index contributed by atoms with van der Waals surface area (Å²) in [5, 5.41) is 0. The monoisotopic (exact) mass is 423 g/mol. The van der Waals surface area contributed by atoms with E-state index in [1.165, 1.54) is 0 Å². The van der Waals surface area contributed by atoms with E-state index in [0.29, 0.717) is 6.61 Å². The Morgan fingerprint density at radius 3 is 2.17 bits per heavy atom. The first-order valence-corrected chi connectivity index (χ1v) is 5.29. The average Bonchev–Trinajstić information content (AvgIpc) is 3.18.